The quantitative estimate of drug-likeness (QED) is 0.865. The molecule has 0 radical (unpaired) electrons. The minimum absolute atomic E-state index is 0.162. The predicted octanol–water partition coefficient (Wildman–Crippen LogP) is 2.88. The minimum Gasteiger partial charge on any atom is -0.393 e. The van der Waals surface area contributed by atoms with E-state index in [0.29, 0.717) is 9.74 Å². The zero-order valence-corrected chi connectivity index (χ0v) is 13.3. The smallest absolute Gasteiger partial charge is 0.0816 e. The van der Waals surface area contributed by atoms with Crippen LogP contribution in [-0.2, 0) is 0 Å². The third-order valence-corrected chi connectivity index (χ3v) is 5.07. The fourth-order valence-electron chi connectivity index (χ4n) is 2.57. The van der Waals surface area contributed by atoms with Crippen molar-refractivity contribution in [3.63, 3.8) is 0 Å². The Morgan fingerprint density at radius 3 is 2.68 bits per heavy atom. The van der Waals surface area contributed by atoms with Crippen LogP contribution in [0.25, 0.3) is 0 Å². The molecule has 1 aromatic rings. The Bertz CT molecular complexity index is 431. The summed E-state index contributed by atoms with van der Waals surface area (Å²) in [7, 11) is 0. The molecule has 0 amide bonds. The fraction of sp³-hybridized carbons (Fsp3) is 0.533. The van der Waals surface area contributed by atoms with E-state index in [1.165, 1.54) is 11.3 Å². The molecule has 0 aromatic heterocycles. The van der Waals surface area contributed by atoms with Crippen molar-refractivity contribution in [1.29, 1.82) is 0 Å². The Kier molecular flexibility index (Phi) is 4.87. The molecule has 1 heterocycles. The van der Waals surface area contributed by atoms with Gasteiger partial charge >= 0.3 is 0 Å². The molecule has 1 aliphatic heterocycles. The zero-order chi connectivity index (χ0) is 13.9. The van der Waals surface area contributed by atoms with Crippen LogP contribution in [0.3, 0.4) is 0 Å². The molecule has 1 unspecified atom stereocenters. The minimum atomic E-state index is 0.162. The number of nitrogens with two attached hydrogens (primary N) is 1. The summed E-state index contributed by atoms with van der Waals surface area (Å²) in [6, 6.07) is 10.4. The first-order valence-corrected chi connectivity index (χ1v) is 8.08. The summed E-state index contributed by atoms with van der Waals surface area (Å²) in [6.45, 7) is 7.78. The van der Waals surface area contributed by atoms with Gasteiger partial charge in [0.1, 0.15) is 0 Å². The van der Waals surface area contributed by atoms with Crippen LogP contribution in [0.1, 0.15) is 25.3 Å². The van der Waals surface area contributed by atoms with Crippen molar-refractivity contribution in [2.24, 2.45) is 5.73 Å². The van der Waals surface area contributed by atoms with E-state index >= 15 is 0 Å². The second-order valence-corrected chi connectivity index (χ2v) is 7.98. The summed E-state index contributed by atoms with van der Waals surface area (Å²) in [5, 5.41) is 0. The van der Waals surface area contributed by atoms with Gasteiger partial charge in [0.2, 0.25) is 0 Å². The van der Waals surface area contributed by atoms with E-state index in [9.17, 15) is 0 Å². The van der Waals surface area contributed by atoms with Crippen molar-refractivity contribution in [1.82, 2.24) is 4.90 Å². The number of thiocarbonyl (C=S) groups is 1. The molecule has 2 rings (SSSR count). The first kappa shape index (κ1) is 14.8. The van der Waals surface area contributed by atoms with E-state index in [2.05, 4.69) is 43.0 Å². The van der Waals surface area contributed by atoms with Crippen LogP contribution in [-0.4, -0.2) is 40.0 Å². The molecule has 2 nitrogen and oxygen atoms in total. The van der Waals surface area contributed by atoms with Gasteiger partial charge in [0.15, 0.2) is 0 Å². The highest BCUT2D eigenvalue weighted by Crippen LogP contribution is 2.30. The molecule has 1 aromatic carbocycles. The third kappa shape index (κ3) is 4.20. The van der Waals surface area contributed by atoms with Gasteiger partial charge in [0, 0.05) is 36.1 Å². The van der Waals surface area contributed by atoms with Gasteiger partial charge in [0.25, 0.3) is 0 Å². The lowest BCUT2D eigenvalue weighted by Crippen LogP contribution is -2.46. The molecule has 1 saturated heterocycles. The number of benzene rings is 1. The molecular formula is C15H22N2S2. The predicted molar refractivity (Wildman–Crippen MR) is 88.9 cm³/mol. The van der Waals surface area contributed by atoms with Gasteiger partial charge in [-0.05, 0) is 19.4 Å². The maximum absolute atomic E-state index is 5.95. The molecule has 1 atom stereocenters. The van der Waals surface area contributed by atoms with Crippen LogP contribution in [0.2, 0.25) is 0 Å². The summed E-state index contributed by atoms with van der Waals surface area (Å²) in [5.41, 5.74) is 7.18. The van der Waals surface area contributed by atoms with Crippen LogP contribution in [0.4, 0.5) is 0 Å². The van der Waals surface area contributed by atoms with E-state index in [0.717, 1.165) is 19.6 Å². The topological polar surface area (TPSA) is 29.3 Å². The van der Waals surface area contributed by atoms with Gasteiger partial charge in [0.05, 0.1) is 4.99 Å². The van der Waals surface area contributed by atoms with Crippen molar-refractivity contribution in [3.05, 3.63) is 35.9 Å². The second kappa shape index (κ2) is 6.25. The van der Waals surface area contributed by atoms with Crippen LogP contribution < -0.4 is 5.73 Å². The Hall–Kier alpha value is -0.580. The van der Waals surface area contributed by atoms with Crippen molar-refractivity contribution in [3.8, 4) is 0 Å². The number of hydrogen-bond acceptors (Lipinski definition) is 3. The van der Waals surface area contributed by atoms with Crippen LogP contribution in [0.15, 0.2) is 30.3 Å². The fourth-order valence-corrected chi connectivity index (χ4v) is 3.96. The first-order chi connectivity index (χ1) is 8.98. The molecule has 0 aliphatic carbocycles. The van der Waals surface area contributed by atoms with Crippen LogP contribution in [0.5, 0.6) is 0 Å². The van der Waals surface area contributed by atoms with Gasteiger partial charge in [-0.1, -0.05) is 42.5 Å². The lowest BCUT2D eigenvalue weighted by molar-refractivity contribution is 0.258. The second-order valence-electron chi connectivity index (χ2n) is 5.71. The van der Waals surface area contributed by atoms with Gasteiger partial charge in [-0.25, -0.2) is 0 Å². The van der Waals surface area contributed by atoms with E-state index in [1.54, 1.807) is 0 Å². The van der Waals surface area contributed by atoms with E-state index < -0.39 is 0 Å². The largest absolute Gasteiger partial charge is 0.393 e. The molecule has 2 N–H and O–H groups in total. The zero-order valence-electron chi connectivity index (χ0n) is 11.6. The lowest BCUT2D eigenvalue weighted by Gasteiger charge is -2.39. The summed E-state index contributed by atoms with van der Waals surface area (Å²) in [6.07, 6.45) is 0. The van der Waals surface area contributed by atoms with E-state index in [1.807, 2.05) is 17.8 Å². The molecule has 4 heteroatoms. The molecule has 19 heavy (non-hydrogen) atoms. The summed E-state index contributed by atoms with van der Waals surface area (Å²) < 4.78 is 0.329. The Labute approximate surface area is 125 Å². The summed E-state index contributed by atoms with van der Waals surface area (Å²) in [4.78, 5) is 3.09. The SMILES string of the molecule is CC1(C)CN(CC(C(N)=S)c2ccccc2)CCS1. The monoisotopic (exact) mass is 294 g/mol. The maximum Gasteiger partial charge on any atom is 0.0816 e. The average Bonchev–Trinajstić information content (AvgIpc) is 2.35. The third-order valence-electron chi connectivity index (χ3n) is 3.49. The highest BCUT2D eigenvalue weighted by Gasteiger charge is 2.29. The number of rotatable bonds is 4. The lowest BCUT2D eigenvalue weighted by atomic mass is 9.98. The van der Waals surface area contributed by atoms with Crippen LogP contribution in [0, 0.1) is 0 Å². The molecule has 104 valence electrons. The van der Waals surface area contributed by atoms with Gasteiger partial charge in [-0.2, -0.15) is 11.8 Å². The molecule has 0 saturated carbocycles. The maximum atomic E-state index is 5.95. The Morgan fingerprint density at radius 2 is 2.11 bits per heavy atom. The summed E-state index contributed by atoms with van der Waals surface area (Å²) in [5.74, 6) is 1.35. The van der Waals surface area contributed by atoms with Crippen LogP contribution >= 0.6 is 24.0 Å². The normalized spacial score (nSPS) is 20.9. The highest BCUT2D eigenvalue weighted by molar-refractivity contribution is 8.00. The van der Waals surface area contributed by atoms with Crippen molar-refractivity contribution in [2.75, 3.05) is 25.4 Å². The number of thioether (sulfide) groups is 1. The molecule has 1 fully saturated rings. The highest BCUT2D eigenvalue weighted by atomic mass is 32.2. The number of hydrogen-bond donors (Lipinski definition) is 1. The van der Waals surface area contributed by atoms with E-state index in [4.69, 9.17) is 18.0 Å². The van der Waals surface area contributed by atoms with Gasteiger partial charge in [-0.15, -0.1) is 0 Å². The average molecular weight is 294 g/mol. The number of nitrogens with zero attached hydrogens (tertiary/aromatic N) is 1. The van der Waals surface area contributed by atoms with Crippen molar-refractivity contribution in [2.45, 2.75) is 24.5 Å². The summed E-state index contributed by atoms with van der Waals surface area (Å²) >= 11 is 7.32. The first-order valence-electron chi connectivity index (χ1n) is 6.68. The Morgan fingerprint density at radius 1 is 1.42 bits per heavy atom. The Balaban J connectivity index is 2.08. The standard InChI is InChI=1S/C15H22N2S2/c1-15(2)11-17(8-9-19-15)10-13(14(16)18)12-6-4-3-5-7-12/h3-7,13H,8-11H2,1-2H3,(H2,16,18). The van der Waals surface area contributed by atoms with Crippen molar-refractivity contribution >= 4 is 29.0 Å². The van der Waals surface area contributed by atoms with Gasteiger partial charge < -0.3 is 10.6 Å². The van der Waals surface area contributed by atoms with Crippen molar-refractivity contribution < 1.29 is 0 Å². The molecule has 0 bridgehead atoms. The molecule has 0 spiro atoms. The van der Waals surface area contributed by atoms with Gasteiger partial charge in [-0.3, -0.25) is 0 Å². The molecule has 1 aliphatic rings. The molecular weight excluding hydrogens is 272 g/mol. The van der Waals surface area contributed by atoms with E-state index in [-0.39, 0.29) is 5.92 Å².